The number of carbonyl (C=O) groups is 2. The second-order valence-electron chi connectivity index (χ2n) is 8.59. The van der Waals surface area contributed by atoms with Gasteiger partial charge in [0, 0.05) is 25.2 Å². The molecule has 0 aliphatic carbocycles. The number of piperidine rings is 1. The van der Waals surface area contributed by atoms with Crippen molar-refractivity contribution in [1.82, 2.24) is 10.2 Å². The van der Waals surface area contributed by atoms with E-state index in [0.717, 1.165) is 24.0 Å². The summed E-state index contributed by atoms with van der Waals surface area (Å²) in [6.45, 7) is 7.49. The van der Waals surface area contributed by atoms with Gasteiger partial charge < -0.3 is 15.0 Å². The Morgan fingerprint density at radius 2 is 1.69 bits per heavy atom. The molecule has 0 saturated carbocycles. The smallest absolute Gasteiger partial charge is 0.410 e. The molecule has 2 aromatic rings. The quantitative estimate of drug-likeness (QED) is 0.815. The van der Waals surface area contributed by atoms with Crippen molar-refractivity contribution in [3.63, 3.8) is 0 Å². The molecule has 2 aromatic carbocycles. The zero-order valence-corrected chi connectivity index (χ0v) is 17.5. The van der Waals surface area contributed by atoms with Gasteiger partial charge in [0.2, 0.25) is 0 Å². The van der Waals surface area contributed by atoms with Crippen LogP contribution >= 0.6 is 0 Å². The first kappa shape index (κ1) is 20.9. The van der Waals surface area contributed by atoms with E-state index in [1.165, 1.54) is 0 Å². The highest BCUT2D eigenvalue weighted by atomic mass is 16.6. The van der Waals surface area contributed by atoms with E-state index in [2.05, 4.69) is 17.4 Å². The Labute approximate surface area is 173 Å². The number of rotatable bonds is 4. The first-order chi connectivity index (χ1) is 13.8. The predicted octanol–water partition coefficient (Wildman–Crippen LogP) is 4.73. The van der Waals surface area contributed by atoms with E-state index in [1.54, 1.807) is 4.90 Å². The minimum Gasteiger partial charge on any atom is -0.444 e. The van der Waals surface area contributed by atoms with Gasteiger partial charge >= 0.3 is 6.09 Å². The van der Waals surface area contributed by atoms with Gasteiger partial charge in [0.05, 0.1) is 0 Å². The third-order valence-corrected chi connectivity index (χ3v) is 4.98. The summed E-state index contributed by atoms with van der Waals surface area (Å²) in [5.74, 6) is 0.155. The van der Waals surface area contributed by atoms with Crippen LogP contribution in [0.2, 0.25) is 0 Å². The highest BCUT2D eigenvalue weighted by molar-refractivity contribution is 5.94. The summed E-state index contributed by atoms with van der Waals surface area (Å²) in [7, 11) is 0. The normalized spacial score (nSPS) is 16.9. The van der Waals surface area contributed by atoms with Crippen LogP contribution in [-0.4, -0.2) is 42.1 Å². The van der Waals surface area contributed by atoms with Crippen molar-refractivity contribution in [1.29, 1.82) is 0 Å². The van der Waals surface area contributed by atoms with Gasteiger partial charge in [-0.25, -0.2) is 4.79 Å². The molecule has 0 spiro atoms. The Morgan fingerprint density at radius 3 is 2.34 bits per heavy atom. The van der Waals surface area contributed by atoms with Crippen LogP contribution in [0.15, 0.2) is 54.6 Å². The minimum atomic E-state index is -0.496. The Bertz CT molecular complexity index is 825. The average molecular weight is 395 g/mol. The average Bonchev–Trinajstić information content (AvgIpc) is 2.72. The van der Waals surface area contributed by atoms with Crippen LogP contribution < -0.4 is 5.32 Å². The van der Waals surface area contributed by atoms with Gasteiger partial charge in [-0.3, -0.25) is 4.79 Å². The number of nitrogens with zero attached hydrogens (tertiary/aromatic N) is 1. The van der Waals surface area contributed by atoms with Crippen molar-refractivity contribution in [2.45, 2.75) is 39.2 Å². The number of carbonyl (C=O) groups excluding carboxylic acids is 2. The minimum absolute atomic E-state index is 0.0843. The van der Waals surface area contributed by atoms with Gasteiger partial charge in [0.25, 0.3) is 5.91 Å². The van der Waals surface area contributed by atoms with Crippen molar-refractivity contribution in [3.8, 4) is 11.1 Å². The number of likely N-dealkylation sites (tertiary alicyclic amines) is 1. The van der Waals surface area contributed by atoms with Crippen LogP contribution in [0.4, 0.5) is 4.79 Å². The van der Waals surface area contributed by atoms with Crippen molar-refractivity contribution in [2.24, 2.45) is 5.92 Å². The SMILES string of the molecule is CC(C)(C)OC(=O)N1CCCC(CNC(=O)c2ccc(-c3ccccc3)cc2)C1. The van der Waals surface area contributed by atoms with Gasteiger partial charge in [-0.05, 0) is 62.8 Å². The molecule has 1 heterocycles. The molecular weight excluding hydrogens is 364 g/mol. The maximum atomic E-state index is 12.5. The van der Waals surface area contributed by atoms with E-state index in [-0.39, 0.29) is 17.9 Å². The third-order valence-electron chi connectivity index (χ3n) is 4.98. The second-order valence-corrected chi connectivity index (χ2v) is 8.59. The van der Waals surface area contributed by atoms with Gasteiger partial charge in [-0.15, -0.1) is 0 Å². The maximum Gasteiger partial charge on any atom is 0.410 e. The second kappa shape index (κ2) is 9.12. The molecule has 29 heavy (non-hydrogen) atoms. The highest BCUT2D eigenvalue weighted by Gasteiger charge is 2.27. The van der Waals surface area contributed by atoms with E-state index in [4.69, 9.17) is 4.74 Å². The molecule has 1 unspecified atom stereocenters. The van der Waals surface area contributed by atoms with Gasteiger partial charge in [-0.2, -0.15) is 0 Å². The van der Waals surface area contributed by atoms with Gasteiger partial charge in [0.1, 0.15) is 5.60 Å². The molecule has 3 rings (SSSR count). The Hall–Kier alpha value is -2.82. The van der Waals surface area contributed by atoms with E-state index in [0.29, 0.717) is 25.2 Å². The molecule has 2 amide bonds. The zero-order valence-electron chi connectivity index (χ0n) is 17.5. The monoisotopic (exact) mass is 394 g/mol. The van der Waals surface area contributed by atoms with Crippen LogP contribution in [0.25, 0.3) is 11.1 Å². The summed E-state index contributed by atoms with van der Waals surface area (Å²) in [6, 6.07) is 17.7. The molecule has 5 heteroatoms. The van der Waals surface area contributed by atoms with Crippen molar-refractivity contribution < 1.29 is 14.3 Å². The lowest BCUT2D eigenvalue weighted by Crippen LogP contribution is -2.45. The van der Waals surface area contributed by atoms with Crippen LogP contribution in [0.5, 0.6) is 0 Å². The van der Waals surface area contributed by atoms with Crippen LogP contribution in [0.1, 0.15) is 44.0 Å². The number of hydrogen-bond acceptors (Lipinski definition) is 3. The van der Waals surface area contributed by atoms with Crippen LogP contribution in [0, 0.1) is 5.92 Å². The van der Waals surface area contributed by atoms with Crippen molar-refractivity contribution in [3.05, 3.63) is 60.2 Å². The highest BCUT2D eigenvalue weighted by Crippen LogP contribution is 2.20. The number of amides is 2. The molecule has 0 aromatic heterocycles. The zero-order chi connectivity index (χ0) is 20.9. The predicted molar refractivity (Wildman–Crippen MR) is 115 cm³/mol. The van der Waals surface area contributed by atoms with Crippen molar-refractivity contribution >= 4 is 12.0 Å². The Morgan fingerprint density at radius 1 is 1.03 bits per heavy atom. The van der Waals surface area contributed by atoms with Crippen LogP contribution in [0.3, 0.4) is 0 Å². The first-order valence-electron chi connectivity index (χ1n) is 10.2. The molecule has 1 N–H and O–H groups in total. The first-order valence-corrected chi connectivity index (χ1v) is 10.2. The van der Waals surface area contributed by atoms with E-state index >= 15 is 0 Å². The van der Waals surface area contributed by atoms with E-state index in [9.17, 15) is 9.59 Å². The molecule has 0 radical (unpaired) electrons. The molecule has 1 fully saturated rings. The van der Waals surface area contributed by atoms with E-state index in [1.807, 2.05) is 63.2 Å². The molecule has 5 nitrogen and oxygen atoms in total. The van der Waals surface area contributed by atoms with Crippen molar-refractivity contribution in [2.75, 3.05) is 19.6 Å². The number of benzene rings is 2. The molecular formula is C24H30N2O3. The lowest BCUT2D eigenvalue weighted by atomic mass is 9.98. The molecule has 1 atom stereocenters. The molecule has 154 valence electrons. The summed E-state index contributed by atoms with van der Waals surface area (Å²) in [5, 5.41) is 3.02. The lowest BCUT2D eigenvalue weighted by molar-refractivity contribution is 0.0167. The number of ether oxygens (including phenoxy) is 1. The number of hydrogen-bond donors (Lipinski definition) is 1. The third kappa shape index (κ3) is 6.08. The summed E-state index contributed by atoms with van der Waals surface area (Å²) >= 11 is 0. The lowest BCUT2D eigenvalue weighted by Gasteiger charge is -2.34. The maximum absolute atomic E-state index is 12.5. The topological polar surface area (TPSA) is 58.6 Å². The summed E-state index contributed by atoms with van der Waals surface area (Å²) in [4.78, 5) is 26.6. The number of nitrogens with one attached hydrogen (secondary N) is 1. The Kier molecular flexibility index (Phi) is 6.57. The summed E-state index contributed by atoms with van der Waals surface area (Å²) in [6.07, 6.45) is 1.64. The van der Waals surface area contributed by atoms with E-state index < -0.39 is 5.60 Å². The molecule has 1 aliphatic rings. The molecule has 1 aliphatic heterocycles. The fourth-order valence-electron chi connectivity index (χ4n) is 3.51. The van der Waals surface area contributed by atoms with Gasteiger partial charge in [-0.1, -0.05) is 42.5 Å². The largest absolute Gasteiger partial charge is 0.444 e. The summed E-state index contributed by atoms with van der Waals surface area (Å²) < 4.78 is 5.47. The standard InChI is InChI=1S/C24H30N2O3/c1-24(2,3)29-23(28)26-15-7-8-18(17-26)16-25-22(27)21-13-11-20(12-14-21)19-9-5-4-6-10-19/h4-6,9-14,18H,7-8,15-17H2,1-3H3,(H,25,27). The Balaban J connectivity index is 1.51. The van der Waals surface area contributed by atoms with Crippen LogP contribution in [-0.2, 0) is 4.74 Å². The van der Waals surface area contributed by atoms with Gasteiger partial charge in [0.15, 0.2) is 0 Å². The summed E-state index contributed by atoms with van der Waals surface area (Å²) in [5.41, 5.74) is 2.36. The fourth-order valence-corrected chi connectivity index (χ4v) is 3.51. The fraction of sp³-hybridized carbons (Fsp3) is 0.417. The molecule has 0 bridgehead atoms. The molecule has 1 saturated heterocycles.